The third kappa shape index (κ3) is 5.81. The number of aliphatic hydroxyl groups excluding tert-OH is 1. The number of ether oxygens (including phenoxy) is 4. The Morgan fingerprint density at radius 3 is 2.43 bits per heavy atom. The average Bonchev–Trinajstić information content (AvgIpc) is 3.04. The third-order valence-corrected chi connectivity index (χ3v) is 11.0. The predicted octanol–water partition coefficient (Wildman–Crippen LogP) is 4.90. The van der Waals surface area contributed by atoms with Gasteiger partial charge < -0.3 is 29.4 Å². The number of nitrogens with one attached hydrogen (secondary N) is 1. The van der Waals surface area contributed by atoms with Crippen molar-refractivity contribution in [3.05, 3.63) is 12.2 Å². The van der Waals surface area contributed by atoms with Crippen molar-refractivity contribution >= 4 is 23.8 Å². The highest BCUT2D eigenvalue weighted by molar-refractivity contribution is 6.05. The lowest BCUT2D eigenvalue weighted by atomic mass is 9.39. The van der Waals surface area contributed by atoms with Gasteiger partial charge in [0.2, 0.25) is 0 Å². The lowest BCUT2D eigenvalue weighted by Crippen LogP contribution is -2.72. The van der Waals surface area contributed by atoms with Gasteiger partial charge in [-0.3, -0.25) is 9.59 Å². The predicted molar refractivity (Wildman–Crippen MR) is 162 cm³/mol. The average molecular weight is 620 g/mol. The molecule has 0 aromatic rings. The van der Waals surface area contributed by atoms with Crippen LogP contribution >= 0.6 is 0 Å². The third-order valence-electron chi connectivity index (χ3n) is 11.0. The van der Waals surface area contributed by atoms with Crippen LogP contribution in [0.4, 0.5) is 4.79 Å². The van der Waals surface area contributed by atoms with E-state index in [2.05, 4.69) is 25.7 Å². The largest absolute Gasteiger partial charge is 0.465 e. The number of fused-ring (bicyclic) bond motifs is 3. The van der Waals surface area contributed by atoms with Crippen molar-refractivity contribution < 1.29 is 43.2 Å². The van der Waals surface area contributed by atoms with Crippen molar-refractivity contribution in [2.75, 3.05) is 13.7 Å². The molecular formula is C34H53NO9. The molecular weight excluding hydrogens is 566 g/mol. The van der Waals surface area contributed by atoms with Crippen LogP contribution in [0.5, 0.6) is 0 Å². The quantitative estimate of drug-likeness (QED) is 0.210. The van der Waals surface area contributed by atoms with Crippen LogP contribution in [-0.4, -0.2) is 72.6 Å². The van der Waals surface area contributed by atoms with E-state index in [-0.39, 0.29) is 30.1 Å². The maximum Gasteiger partial charge on any atom is 0.408 e. The standard InChI is InChI=1S/C34H53NO9/c1-10-11-13-22(35-30(40)44-31(4,5)6)29(39)43-28-21-16-23(37)26-33(18-42-20(3)36)15-12-14-32(7,8)24(33)17-25(41-9)34(26,28)27(38)19(21)2/h21-26,28,37H,2,10-18H2,1,3-9H3,(H,35,40)/t21-,22-,23-,24+,25+,26-,28+,33-,34+/m0/s1. The molecule has 9 atom stereocenters. The summed E-state index contributed by atoms with van der Waals surface area (Å²) >= 11 is 0. The molecule has 0 heterocycles. The second-order valence-electron chi connectivity index (χ2n) is 15.2. The Bertz CT molecular complexity index is 1160. The highest BCUT2D eigenvalue weighted by Crippen LogP contribution is 2.72. The fraction of sp³-hybridized carbons (Fsp3) is 0.824. The number of amides is 1. The number of rotatable bonds is 9. The Kier molecular flexibility index (Phi) is 9.69. The molecule has 44 heavy (non-hydrogen) atoms. The number of methoxy groups -OCH3 is 1. The van der Waals surface area contributed by atoms with E-state index >= 15 is 0 Å². The minimum atomic E-state index is -1.42. The van der Waals surface area contributed by atoms with Gasteiger partial charge in [0.15, 0.2) is 5.78 Å². The van der Waals surface area contributed by atoms with Crippen molar-refractivity contribution in [1.29, 1.82) is 0 Å². The molecule has 0 aromatic heterocycles. The fourth-order valence-electron chi connectivity index (χ4n) is 9.40. The first-order valence-corrected chi connectivity index (χ1v) is 16.2. The van der Waals surface area contributed by atoms with Crippen LogP contribution in [0.2, 0.25) is 0 Å². The summed E-state index contributed by atoms with van der Waals surface area (Å²) in [7, 11) is 1.56. The van der Waals surface area contributed by atoms with Crippen LogP contribution in [0.25, 0.3) is 0 Å². The number of ketones is 1. The maximum absolute atomic E-state index is 14.6. The maximum atomic E-state index is 14.6. The fourth-order valence-corrected chi connectivity index (χ4v) is 9.40. The lowest BCUT2D eigenvalue weighted by molar-refractivity contribution is -0.272. The number of aliphatic hydroxyl groups is 1. The molecule has 10 nitrogen and oxygen atoms in total. The molecule has 248 valence electrons. The summed E-state index contributed by atoms with van der Waals surface area (Å²) in [5.41, 5.74) is -2.79. The molecule has 4 aliphatic rings. The van der Waals surface area contributed by atoms with Gasteiger partial charge in [0.1, 0.15) is 23.2 Å². The Morgan fingerprint density at radius 1 is 1.16 bits per heavy atom. The molecule has 4 fully saturated rings. The van der Waals surface area contributed by atoms with Crippen molar-refractivity contribution in [2.45, 2.75) is 130 Å². The van der Waals surface area contributed by atoms with Gasteiger partial charge in [0.05, 0.1) is 18.8 Å². The monoisotopic (exact) mass is 619 g/mol. The smallest absolute Gasteiger partial charge is 0.408 e. The Balaban J connectivity index is 1.80. The first-order valence-electron chi connectivity index (χ1n) is 16.2. The van der Waals surface area contributed by atoms with Gasteiger partial charge >= 0.3 is 18.0 Å². The molecule has 4 rings (SSSR count). The van der Waals surface area contributed by atoms with Gasteiger partial charge in [-0.15, -0.1) is 0 Å². The van der Waals surface area contributed by atoms with Gasteiger partial charge in [0, 0.05) is 31.3 Å². The highest BCUT2D eigenvalue weighted by Gasteiger charge is 2.78. The Morgan fingerprint density at radius 2 is 1.84 bits per heavy atom. The molecule has 0 saturated heterocycles. The van der Waals surface area contributed by atoms with E-state index in [1.165, 1.54) is 6.92 Å². The molecule has 4 aliphatic carbocycles. The highest BCUT2D eigenvalue weighted by atomic mass is 16.6. The number of alkyl carbamates (subject to hydrolysis) is 1. The molecule has 0 radical (unpaired) electrons. The van der Waals surface area contributed by atoms with Crippen LogP contribution in [0, 0.1) is 34.0 Å². The molecule has 0 unspecified atom stereocenters. The zero-order valence-corrected chi connectivity index (χ0v) is 27.8. The number of Topliss-reactive ketones (excluding diaryl/α,β-unsaturated/α-hetero) is 1. The van der Waals surface area contributed by atoms with Gasteiger partial charge in [-0.2, -0.15) is 0 Å². The van der Waals surface area contributed by atoms with Gasteiger partial charge in [-0.05, 0) is 69.8 Å². The molecule has 0 aliphatic heterocycles. The number of hydrogen-bond acceptors (Lipinski definition) is 9. The van der Waals surface area contributed by atoms with Crippen LogP contribution in [0.1, 0.15) is 99.8 Å². The van der Waals surface area contributed by atoms with Crippen molar-refractivity contribution in [3.8, 4) is 0 Å². The minimum absolute atomic E-state index is 0.0287. The van der Waals surface area contributed by atoms with E-state index in [4.69, 9.17) is 18.9 Å². The summed E-state index contributed by atoms with van der Waals surface area (Å²) < 4.78 is 23.7. The zero-order valence-electron chi connectivity index (χ0n) is 27.8. The zero-order chi connectivity index (χ0) is 32.8. The van der Waals surface area contributed by atoms with Crippen molar-refractivity contribution in [3.63, 3.8) is 0 Å². The summed E-state index contributed by atoms with van der Waals surface area (Å²) in [4.78, 5) is 53.5. The van der Waals surface area contributed by atoms with E-state index in [1.807, 2.05) is 6.92 Å². The summed E-state index contributed by atoms with van der Waals surface area (Å²) in [5.74, 6) is -2.69. The summed E-state index contributed by atoms with van der Waals surface area (Å²) in [5, 5.41) is 14.7. The number of carbonyl (C=O) groups is 4. The molecule has 1 amide bonds. The number of esters is 2. The SMILES string of the molecule is C=C1C(=O)[C@]23[C@H](OC(=O)[C@H](CCCC)NC(=O)OC(C)(C)C)[C@H]1C[C@H](O)[C@H]2[C@]1(COC(C)=O)CCCC(C)(C)[C@H]1C[C@H]3OC. The molecule has 2 bridgehead atoms. The molecule has 2 N–H and O–H groups in total. The van der Waals surface area contributed by atoms with Gasteiger partial charge in [0.25, 0.3) is 0 Å². The van der Waals surface area contributed by atoms with E-state index < -0.39 is 70.7 Å². The minimum Gasteiger partial charge on any atom is -0.465 e. The normalized spacial score (nSPS) is 36.5. The van der Waals surface area contributed by atoms with Crippen molar-refractivity contribution in [1.82, 2.24) is 5.32 Å². The van der Waals surface area contributed by atoms with Gasteiger partial charge in [-0.25, -0.2) is 9.59 Å². The summed E-state index contributed by atoms with van der Waals surface area (Å²) in [6.45, 7) is 17.2. The van der Waals surface area contributed by atoms with E-state index in [9.17, 15) is 24.3 Å². The van der Waals surface area contributed by atoms with Crippen LogP contribution in [0.15, 0.2) is 12.2 Å². The second-order valence-corrected chi connectivity index (χ2v) is 15.2. The first-order chi connectivity index (χ1) is 20.5. The lowest BCUT2D eigenvalue weighted by Gasteiger charge is -2.67. The van der Waals surface area contributed by atoms with E-state index in [0.717, 1.165) is 19.3 Å². The number of carbonyl (C=O) groups excluding carboxylic acids is 4. The first kappa shape index (κ1) is 34.4. The molecule has 0 aromatic carbocycles. The molecule has 4 saturated carbocycles. The summed E-state index contributed by atoms with van der Waals surface area (Å²) in [6.07, 6.45) is 1.58. The number of unbranched alkanes of at least 4 members (excludes halogenated alkanes) is 1. The molecule has 10 heteroatoms. The Hall–Kier alpha value is -2.46. The summed E-state index contributed by atoms with van der Waals surface area (Å²) in [6, 6.07) is -0.991. The van der Waals surface area contributed by atoms with Crippen LogP contribution < -0.4 is 5.32 Å². The van der Waals surface area contributed by atoms with E-state index in [0.29, 0.717) is 31.3 Å². The number of hydrogen-bond donors (Lipinski definition) is 2. The molecule has 1 spiro atoms. The van der Waals surface area contributed by atoms with Crippen LogP contribution in [0.3, 0.4) is 0 Å². The second kappa shape index (κ2) is 12.4. The van der Waals surface area contributed by atoms with E-state index in [1.54, 1.807) is 27.9 Å². The van der Waals surface area contributed by atoms with Crippen LogP contribution in [-0.2, 0) is 33.3 Å². The van der Waals surface area contributed by atoms with Crippen molar-refractivity contribution in [2.24, 2.45) is 34.0 Å². The Labute approximate surface area is 262 Å². The van der Waals surface area contributed by atoms with Gasteiger partial charge in [-0.1, -0.05) is 46.6 Å². The topological polar surface area (TPSA) is 137 Å².